The standard InChI is InChI=1S/C16H17N3O5S.C6H5Cl/c1-2-8-25(23,24)18-15(20)14(16(21)22)13-9-17-19(11-13)10-12-6-4-3-5-7-12;7-6-4-2-1-3-5-6/h2-7,9,11,14H,1,8,10H2,(H,18,20)(H,21,22);1-5H. The van der Waals surface area contributed by atoms with E-state index in [-0.39, 0.29) is 5.56 Å². The molecule has 8 nitrogen and oxygen atoms in total. The minimum Gasteiger partial charge on any atom is -0.480 e. The molecule has 168 valence electrons. The summed E-state index contributed by atoms with van der Waals surface area (Å²) in [6.45, 7) is 3.67. The Morgan fingerprint density at radius 3 is 2.22 bits per heavy atom. The number of rotatable bonds is 8. The number of carboxylic acids is 1. The third-order valence-corrected chi connectivity index (χ3v) is 5.45. The van der Waals surface area contributed by atoms with Gasteiger partial charge in [-0.15, -0.1) is 6.58 Å². The smallest absolute Gasteiger partial charge is 0.320 e. The van der Waals surface area contributed by atoms with Gasteiger partial charge in [0.05, 0.1) is 18.5 Å². The number of nitrogens with one attached hydrogen (secondary N) is 1. The number of halogens is 1. The van der Waals surface area contributed by atoms with Gasteiger partial charge in [0.2, 0.25) is 10.0 Å². The zero-order valence-electron chi connectivity index (χ0n) is 17.0. The molecule has 0 aliphatic carbocycles. The van der Waals surface area contributed by atoms with E-state index in [1.165, 1.54) is 17.1 Å². The van der Waals surface area contributed by atoms with Crippen LogP contribution in [-0.4, -0.2) is 40.9 Å². The Labute approximate surface area is 191 Å². The van der Waals surface area contributed by atoms with Crippen molar-refractivity contribution >= 4 is 33.5 Å². The number of aliphatic carboxylic acids is 1. The van der Waals surface area contributed by atoms with Crippen LogP contribution in [-0.2, 0) is 26.2 Å². The van der Waals surface area contributed by atoms with Crippen molar-refractivity contribution in [1.82, 2.24) is 14.5 Å². The average molecular weight is 476 g/mol. The number of carbonyl (C=O) groups is 2. The summed E-state index contributed by atoms with van der Waals surface area (Å²) in [5, 5.41) is 14.1. The molecule has 1 amide bonds. The summed E-state index contributed by atoms with van der Waals surface area (Å²) in [7, 11) is -3.97. The molecule has 0 bridgehead atoms. The molecule has 1 heterocycles. The summed E-state index contributed by atoms with van der Waals surface area (Å²) in [4.78, 5) is 23.5. The number of hydrogen-bond acceptors (Lipinski definition) is 5. The van der Waals surface area contributed by atoms with Gasteiger partial charge >= 0.3 is 5.97 Å². The van der Waals surface area contributed by atoms with Crippen molar-refractivity contribution in [3.63, 3.8) is 0 Å². The Bertz CT molecular complexity index is 1150. The van der Waals surface area contributed by atoms with Gasteiger partial charge < -0.3 is 5.11 Å². The van der Waals surface area contributed by atoms with Gasteiger partial charge in [-0.1, -0.05) is 66.2 Å². The molecular weight excluding hydrogens is 454 g/mol. The van der Waals surface area contributed by atoms with E-state index in [0.717, 1.165) is 16.7 Å². The molecule has 0 saturated heterocycles. The first-order chi connectivity index (χ1) is 15.2. The maximum Gasteiger partial charge on any atom is 0.320 e. The number of sulfonamides is 1. The lowest BCUT2D eigenvalue weighted by atomic mass is 10.0. The van der Waals surface area contributed by atoms with E-state index in [4.69, 9.17) is 11.6 Å². The van der Waals surface area contributed by atoms with Crippen LogP contribution in [0.15, 0.2) is 85.7 Å². The highest BCUT2D eigenvalue weighted by Gasteiger charge is 2.32. The van der Waals surface area contributed by atoms with E-state index >= 15 is 0 Å². The topological polar surface area (TPSA) is 118 Å². The molecule has 32 heavy (non-hydrogen) atoms. The lowest BCUT2D eigenvalue weighted by Gasteiger charge is -2.11. The SMILES string of the molecule is C=CCS(=O)(=O)NC(=O)C(C(=O)O)c1cnn(Cc2ccccc2)c1.Clc1ccccc1. The predicted molar refractivity (Wildman–Crippen MR) is 122 cm³/mol. The van der Waals surface area contributed by atoms with Gasteiger partial charge in [-0.05, 0) is 17.7 Å². The molecule has 0 saturated carbocycles. The molecule has 0 fully saturated rings. The van der Waals surface area contributed by atoms with Gasteiger partial charge in [-0.25, -0.2) is 8.42 Å². The minimum atomic E-state index is -3.97. The predicted octanol–water partition coefficient (Wildman–Crippen LogP) is 3.07. The molecule has 3 rings (SSSR count). The number of carbonyl (C=O) groups excluding carboxylic acids is 1. The van der Waals surface area contributed by atoms with Gasteiger partial charge in [-0.2, -0.15) is 5.10 Å². The second kappa shape index (κ2) is 11.8. The van der Waals surface area contributed by atoms with Gasteiger partial charge in [0.15, 0.2) is 5.92 Å². The molecule has 2 N–H and O–H groups in total. The first kappa shape index (κ1) is 24.8. The van der Waals surface area contributed by atoms with Crippen molar-refractivity contribution in [3.8, 4) is 0 Å². The van der Waals surface area contributed by atoms with Crippen LogP contribution in [0.25, 0.3) is 0 Å². The summed E-state index contributed by atoms with van der Waals surface area (Å²) < 4.78 is 26.5. The van der Waals surface area contributed by atoms with Gasteiger partial charge in [0.25, 0.3) is 5.91 Å². The number of benzene rings is 2. The lowest BCUT2D eigenvalue weighted by molar-refractivity contribution is -0.142. The number of amides is 1. The molecule has 0 aliphatic rings. The first-order valence-electron chi connectivity index (χ1n) is 9.36. The van der Waals surface area contributed by atoms with Crippen LogP contribution in [0.3, 0.4) is 0 Å². The number of aromatic nitrogens is 2. The second-order valence-corrected chi connectivity index (χ2v) is 8.76. The van der Waals surface area contributed by atoms with Gasteiger partial charge in [0, 0.05) is 16.8 Å². The highest BCUT2D eigenvalue weighted by Crippen LogP contribution is 2.17. The fourth-order valence-electron chi connectivity index (χ4n) is 2.62. The van der Waals surface area contributed by atoms with Gasteiger partial charge in [0.1, 0.15) is 0 Å². The quantitative estimate of drug-likeness (QED) is 0.382. The highest BCUT2D eigenvalue weighted by molar-refractivity contribution is 7.90. The Morgan fingerprint density at radius 2 is 1.72 bits per heavy atom. The fourth-order valence-corrected chi connectivity index (χ4v) is 3.58. The van der Waals surface area contributed by atoms with Crippen LogP contribution in [0, 0.1) is 0 Å². The number of nitrogens with zero attached hydrogens (tertiary/aromatic N) is 2. The van der Waals surface area contributed by atoms with Crippen molar-refractivity contribution in [2.75, 3.05) is 5.75 Å². The average Bonchev–Trinajstić information content (AvgIpc) is 3.16. The molecule has 0 aliphatic heterocycles. The molecule has 1 atom stereocenters. The molecule has 0 radical (unpaired) electrons. The Balaban J connectivity index is 0.000000439. The molecule has 1 unspecified atom stereocenters. The van der Waals surface area contributed by atoms with Crippen LogP contribution in [0.1, 0.15) is 17.0 Å². The van der Waals surface area contributed by atoms with Gasteiger partial charge in [-0.3, -0.25) is 19.0 Å². The molecule has 1 aromatic heterocycles. The summed E-state index contributed by atoms with van der Waals surface area (Å²) in [5.74, 6) is -4.78. The van der Waals surface area contributed by atoms with E-state index < -0.39 is 33.6 Å². The normalized spacial score (nSPS) is 11.5. The Kier molecular flexibility index (Phi) is 9.18. The summed E-state index contributed by atoms with van der Waals surface area (Å²) in [6, 6.07) is 18.8. The maximum absolute atomic E-state index is 12.1. The van der Waals surface area contributed by atoms with Crippen molar-refractivity contribution in [2.24, 2.45) is 0 Å². The van der Waals surface area contributed by atoms with Crippen LogP contribution in [0.5, 0.6) is 0 Å². The highest BCUT2D eigenvalue weighted by atomic mass is 35.5. The van der Waals surface area contributed by atoms with Crippen molar-refractivity contribution in [3.05, 3.63) is 102 Å². The lowest BCUT2D eigenvalue weighted by Crippen LogP contribution is -2.38. The van der Waals surface area contributed by atoms with E-state index in [2.05, 4.69) is 11.7 Å². The first-order valence-corrected chi connectivity index (χ1v) is 11.4. The zero-order chi connectivity index (χ0) is 23.6. The van der Waals surface area contributed by atoms with Crippen molar-refractivity contribution in [1.29, 1.82) is 0 Å². The van der Waals surface area contributed by atoms with Crippen molar-refractivity contribution in [2.45, 2.75) is 12.5 Å². The minimum absolute atomic E-state index is 0.0923. The maximum atomic E-state index is 12.1. The Hall–Kier alpha value is -3.43. The van der Waals surface area contributed by atoms with Crippen LogP contribution < -0.4 is 4.72 Å². The molecule has 3 aromatic rings. The van der Waals surface area contributed by atoms with Crippen LogP contribution >= 0.6 is 11.6 Å². The fraction of sp³-hybridized carbons (Fsp3) is 0.136. The molecule has 10 heteroatoms. The Morgan fingerprint density at radius 1 is 1.12 bits per heavy atom. The van der Waals surface area contributed by atoms with E-state index in [9.17, 15) is 23.1 Å². The third kappa shape index (κ3) is 8.01. The second-order valence-electron chi connectivity index (χ2n) is 6.56. The number of hydrogen-bond donors (Lipinski definition) is 2. The largest absolute Gasteiger partial charge is 0.480 e. The van der Waals surface area contributed by atoms with Crippen LogP contribution in [0.4, 0.5) is 0 Å². The monoisotopic (exact) mass is 475 g/mol. The molecule has 2 aromatic carbocycles. The summed E-state index contributed by atoms with van der Waals surface area (Å²) in [5.41, 5.74) is 1.04. The molecule has 0 spiro atoms. The third-order valence-electron chi connectivity index (χ3n) is 4.01. The summed E-state index contributed by atoms with van der Waals surface area (Å²) >= 11 is 5.54. The van der Waals surface area contributed by atoms with E-state index in [0.29, 0.717) is 6.54 Å². The summed E-state index contributed by atoms with van der Waals surface area (Å²) in [6.07, 6.45) is 3.75. The van der Waals surface area contributed by atoms with E-state index in [1.54, 1.807) is 4.72 Å². The molecular formula is C22H22ClN3O5S. The van der Waals surface area contributed by atoms with Crippen molar-refractivity contribution < 1.29 is 23.1 Å². The number of carboxylic acid groups (broad SMARTS) is 1. The van der Waals surface area contributed by atoms with E-state index in [1.807, 2.05) is 60.7 Å². The van der Waals surface area contributed by atoms with Crippen LogP contribution in [0.2, 0.25) is 5.02 Å². The zero-order valence-corrected chi connectivity index (χ0v) is 18.5.